The second kappa shape index (κ2) is 8.29. The van der Waals surface area contributed by atoms with Crippen LogP contribution in [0.15, 0.2) is 134 Å². The Hall–Kier alpha value is -5.10. The molecule has 0 N–H and O–H groups in total. The zero-order chi connectivity index (χ0) is 23.9. The fraction of sp³-hybridized carbons (Fsp3) is 0. The summed E-state index contributed by atoms with van der Waals surface area (Å²) in [6.45, 7) is 0. The molecule has 4 heterocycles. The van der Waals surface area contributed by atoms with Crippen molar-refractivity contribution >= 4 is 11.0 Å². The van der Waals surface area contributed by atoms with E-state index in [0.717, 1.165) is 44.9 Å². The zero-order valence-electron chi connectivity index (χ0n) is 19.4. The topological polar surface area (TPSA) is 43.8 Å². The van der Waals surface area contributed by atoms with Crippen molar-refractivity contribution in [3.63, 3.8) is 0 Å². The highest BCUT2D eigenvalue weighted by atomic mass is 15.5. The molecule has 7 rings (SSSR count). The molecule has 3 aromatic carbocycles. The van der Waals surface area contributed by atoms with E-state index < -0.39 is 0 Å². The minimum atomic E-state index is 0.931. The predicted octanol–water partition coefficient (Wildman–Crippen LogP) is 4.87. The van der Waals surface area contributed by atoms with Gasteiger partial charge in [-0.05, 0) is 82.4 Å². The van der Waals surface area contributed by atoms with E-state index in [9.17, 15) is 0 Å². The predicted molar refractivity (Wildman–Crippen MR) is 138 cm³/mol. The van der Waals surface area contributed by atoms with Crippen LogP contribution in [0.5, 0.6) is 0 Å². The second-order valence-electron chi connectivity index (χ2n) is 8.59. The van der Waals surface area contributed by atoms with E-state index in [1.165, 1.54) is 0 Å². The summed E-state index contributed by atoms with van der Waals surface area (Å²) >= 11 is 0. The molecule has 0 amide bonds. The van der Waals surface area contributed by atoms with Crippen molar-refractivity contribution in [3.8, 4) is 33.9 Å². The summed E-state index contributed by atoms with van der Waals surface area (Å²) in [5.41, 5.74) is 8.08. The SMILES string of the molecule is c1ccc(-n2nc(-c3ccc(-c4nn(-c5ccccc5)[n+]5ccccc45)cc3)c3cccc[n+]32)cc1. The number of hydrogen-bond acceptors (Lipinski definition) is 2. The number of benzene rings is 3. The van der Waals surface area contributed by atoms with Gasteiger partial charge in [-0.25, -0.2) is 0 Å². The zero-order valence-corrected chi connectivity index (χ0v) is 19.4. The van der Waals surface area contributed by atoms with Crippen LogP contribution in [-0.2, 0) is 0 Å². The molecule has 0 saturated carbocycles. The highest BCUT2D eigenvalue weighted by Crippen LogP contribution is 2.27. The van der Waals surface area contributed by atoms with Gasteiger partial charge in [-0.1, -0.05) is 48.5 Å². The van der Waals surface area contributed by atoms with E-state index in [4.69, 9.17) is 10.2 Å². The number of hydrogen-bond donors (Lipinski definition) is 0. The molecule has 170 valence electrons. The van der Waals surface area contributed by atoms with Gasteiger partial charge in [-0.3, -0.25) is 0 Å². The molecule has 0 unspecified atom stereocenters. The average Bonchev–Trinajstić information content (AvgIpc) is 3.54. The van der Waals surface area contributed by atoms with Crippen molar-refractivity contribution in [2.45, 2.75) is 0 Å². The van der Waals surface area contributed by atoms with E-state index >= 15 is 0 Å². The molecule has 0 aliphatic carbocycles. The van der Waals surface area contributed by atoms with Gasteiger partial charge in [-0.15, -0.1) is 9.03 Å². The molecule has 0 aliphatic heterocycles. The summed E-state index contributed by atoms with van der Waals surface area (Å²) in [4.78, 5) is 3.87. The first-order valence-corrected chi connectivity index (χ1v) is 11.9. The Balaban J connectivity index is 1.34. The molecule has 4 aromatic heterocycles. The third kappa shape index (κ3) is 3.27. The highest BCUT2D eigenvalue weighted by molar-refractivity contribution is 5.78. The van der Waals surface area contributed by atoms with Crippen molar-refractivity contribution in [2.24, 2.45) is 0 Å². The summed E-state index contributed by atoms with van der Waals surface area (Å²) in [5.74, 6) is 0. The minimum absolute atomic E-state index is 0.931. The number of aromatic nitrogens is 6. The Labute approximate surface area is 207 Å². The number of para-hydroxylation sites is 2. The quantitative estimate of drug-likeness (QED) is 0.348. The molecule has 0 atom stereocenters. The molecule has 0 saturated heterocycles. The fourth-order valence-electron chi connectivity index (χ4n) is 4.65. The van der Waals surface area contributed by atoms with Crippen molar-refractivity contribution in [1.82, 2.24) is 19.8 Å². The molecule has 7 aromatic rings. The average molecular weight is 467 g/mol. The summed E-state index contributed by atoms with van der Waals surface area (Å²) < 4.78 is 4.15. The van der Waals surface area contributed by atoms with E-state index in [1.807, 2.05) is 82.7 Å². The summed E-state index contributed by atoms with van der Waals surface area (Å²) in [6, 6.07) is 41.2. The van der Waals surface area contributed by atoms with Gasteiger partial charge >= 0.3 is 0 Å². The Kier molecular flexibility index (Phi) is 4.67. The normalized spacial score (nSPS) is 11.3. The van der Waals surface area contributed by atoms with Crippen LogP contribution in [0, 0.1) is 0 Å². The molecular weight excluding hydrogens is 444 g/mol. The lowest BCUT2D eigenvalue weighted by Gasteiger charge is -1.95. The Bertz CT molecular complexity index is 1680. The van der Waals surface area contributed by atoms with Crippen molar-refractivity contribution in [2.75, 3.05) is 0 Å². The number of nitrogens with zero attached hydrogens (tertiary/aromatic N) is 6. The summed E-state index contributed by atoms with van der Waals surface area (Å²) in [7, 11) is 0. The molecule has 6 nitrogen and oxygen atoms in total. The first kappa shape index (κ1) is 20.3. The molecule has 0 bridgehead atoms. The van der Waals surface area contributed by atoms with Gasteiger partial charge in [0.15, 0.2) is 0 Å². The maximum atomic E-state index is 4.98. The van der Waals surface area contributed by atoms with Crippen LogP contribution >= 0.6 is 0 Å². The van der Waals surface area contributed by atoms with Crippen molar-refractivity contribution in [1.29, 1.82) is 0 Å². The lowest BCUT2D eigenvalue weighted by molar-refractivity contribution is -0.604. The van der Waals surface area contributed by atoms with Crippen LogP contribution in [0.2, 0.25) is 0 Å². The van der Waals surface area contributed by atoms with Crippen molar-refractivity contribution < 1.29 is 9.03 Å². The summed E-state index contributed by atoms with van der Waals surface area (Å²) in [6.07, 6.45) is 4.07. The lowest BCUT2D eigenvalue weighted by atomic mass is 10.1. The van der Waals surface area contributed by atoms with Crippen LogP contribution in [0.1, 0.15) is 0 Å². The maximum Gasteiger partial charge on any atom is 0.257 e. The van der Waals surface area contributed by atoms with Gasteiger partial charge in [0.2, 0.25) is 11.0 Å². The number of rotatable bonds is 4. The van der Waals surface area contributed by atoms with Crippen LogP contribution < -0.4 is 9.03 Å². The highest BCUT2D eigenvalue weighted by Gasteiger charge is 2.25. The third-order valence-corrected chi connectivity index (χ3v) is 6.37. The first-order chi connectivity index (χ1) is 17.9. The number of pyridine rings is 2. The van der Waals surface area contributed by atoms with Crippen LogP contribution in [0.25, 0.3) is 44.9 Å². The van der Waals surface area contributed by atoms with E-state index in [1.54, 1.807) is 0 Å². The smallest absolute Gasteiger partial charge is 0.120 e. The van der Waals surface area contributed by atoms with Gasteiger partial charge in [0.05, 0.1) is 10.2 Å². The maximum absolute atomic E-state index is 4.98. The molecule has 36 heavy (non-hydrogen) atoms. The molecule has 6 heteroatoms. The molecule has 0 spiro atoms. The molecule has 0 radical (unpaired) electrons. The Morgan fingerprint density at radius 3 is 1.22 bits per heavy atom. The lowest BCUT2D eigenvalue weighted by Crippen LogP contribution is -2.31. The van der Waals surface area contributed by atoms with E-state index in [2.05, 4.69) is 69.7 Å². The van der Waals surface area contributed by atoms with Gasteiger partial charge in [-0.2, -0.15) is 0 Å². The summed E-state index contributed by atoms with van der Waals surface area (Å²) in [5, 5.41) is 9.96. The fourth-order valence-corrected chi connectivity index (χ4v) is 4.65. The molecule has 0 fully saturated rings. The largest absolute Gasteiger partial charge is 0.257 e. The first-order valence-electron chi connectivity index (χ1n) is 11.9. The third-order valence-electron chi connectivity index (χ3n) is 6.37. The van der Waals surface area contributed by atoms with Gasteiger partial charge in [0.25, 0.3) is 11.4 Å². The van der Waals surface area contributed by atoms with Gasteiger partial charge in [0.1, 0.15) is 23.8 Å². The van der Waals surface area contributed by atoms with Crippen LogP contribution in [0.4, 0.5) is 0 Å². The van der Waals surface area contributed by atoms with E-state index in [-0.39, 0.29) is 0 Å². The van der Waals surface area contributed by atoms with E-state index in [0.29, 0.717) is 0 Å². The van der Waals surface area contributed by atoms with Crippen molar-refractivity contribution in [3.05, 3.63) is 134 Å². The van der Waals surface area contributed by atoms with Gasteiger partial charge in [0, 0.05) is 11.1 Å². The Morgan fingerprint density at radius 2 is 0.806 bits per heavy atom. The van der Waals surface area contributed by atoms with Gasteiger partial charge < -0.3 is 0 Å². The molecular formula is C30H22N6+2. The second-order valence-corrected chi connectivity index (χ2v) is 8.59. The van der Waals surface area contributed by atoms with Crippen LogP contribution in [-0.4, -0.2) is 19.8 Å². The molecule has 0 aliphatic rings. The number of fused-ring (bicyclic) bond motifs is 2. The minimum Gasteiger partial charge on any atom is -0.120 e. The Morgan fingerprint density at radius 1 is 0.417 bits per heavy atom. The van der Waals surface area contributed by atoms with Crippen LogP contribution in [0.3, 0.4) is 0 Å². The standard InChI is InChI=1S/C30H22N6/c1-3-11-25(12-4-1)35-31-29(27-15-7-9-21-33(27)35)23-17-19-24(20-18-23)30-28-16-8-10-22-34(28)36(32-30)26-13-5-2-6-14-26/h1-22H/q+2. The monoisotopic (exact) mass is 466 g/mol.